The van der Waals surface area contributed by atoms with Crippen LogP contribution in [0.5, 0.6) is 11.5 Å². The van der Waals surface area contributed by atoms with Crippen LogP contribution in [0.15, 0.2) is 30.5 Å². The number of carboxylic acid groups (broad SMARTS) is 1. The van der Waals surface area contributed by atoms with E-state index < -0.39 is 5.97 Å². The lowest BCUT2D eigenvalue weighted by atomic mass is 10.1. The molecule has 1 aromatic heterocycles. The number of aromatic carboxylic acids is 1. The molecule has 0 unspecified atom stereocenters. The number of hydrogen-bond acceptors (Lipinski definition) is 5. The van der Waals surface area contributed by atoms with Gasteiger partial charge in [0.05, 0.1) is 14.2 Å². The first-order valence-corrected chi connectivity index (χ1v) is 7.28. The second-order valence-electron chi connectivity index (χ2n) is 4.97. The van der Waals surface area contributed by atoms with E-state index in [0.29, 0.717) is 24.5 Å². The molecule has 0 saturated carbocycles. The summed E-state index contributed by atoms with van der Waals surface area (Å²) < 4.78 is 11.5. The summed E-state index contributed by atoms with van der Waals surface area (Å²) in [5.41, 5.74) is 0.961. The van der Waals surface area contributed by atoms with E-state index in [1.165, 1.54) is 12.3 Å². The van der Waals surface area contributed by atoms with Gasteiger partial charge in [-0.05, 0) is 30.2 Å². The average Bonchev–Trinajstić information content (AvgIpc) is 3.03. The number of ether oxygens (including phenoxy) is 2. The first-order chi connectivity index (χ1) is 11.5. The minimum absolute atomic E-state index is 0.0231. The van der Waals surface area contributed by atoms with Gasteiger partial charge in [-0.25, -0.2) is 9.48 Å². The highest BCUT2D eigenvalue weighted by atomic mass is 16.5. The van der Waals surface area contributed by atoms with Gasteiger partial charge >= 0.3 is 5.97 Å². The summed E-state index contributed by atoms with van der Waals surface area (Å²) in [6.45, 7) is 0.276. The largest absolute Gasteiger partial charge is 0.493 e. The van der Waals surface area contributed by atoms with Gasteiger partial charge in [0.1, 0.15) is 12.2 Å². The van der Waals surface area contributed by atoms with Crippen LogP contribution in [0.3, 0.4) is 0 Å². The molecular weight excluding hydrogens is 314 g/mol. The Morgan fingerprint density at radius 1 is 1.21 bits per heavy atom. The highest BCUT2D eigenvalue weighted by molar-refractivity contribution is 5.86. The third kappa shape index (κ3) is 4.25. The quantitative estimate of drug-likeness (QED) is 0.746. The molecule has 8 nitrogen and oxygen atoms in total. The Kier molecular flexibility index (Phi) is 5.78. The number of hydrogen-bond donors (Lipinski definition) is 2. The van der Waals surface area contributed by atoms with Crippen LogP contribution in [-0.4, -0.2) is 47.5 Å². The molecule has 2 aromatic rings. The second-order valence-corrected chi connectivity index (χ2v) is 4.97. The molecule has 0 saturated heterocycles. The lowest BCUT2D eigenvalue weighted by Gasteiger charge is -2.10. The molecule has 0 spiro atoms. The van der Waals surface area contributed by atoms with E-state index in [0.717, 1.165) is 10.2 Å². The Morgan fingerprint density at radius 3 is 2.62 bits per heavy atom. The summed E-state index contributed by atoms with van der Waals surface area (Å²) in [5, 5.41) is 15.5. The zero-order valence-electron chi connectivity index (χ0n) is 13.5. The fourth-order valence-corrected chi connectivity index (χ4v) is 2.21. The van der Waals surface area contributed by atoms with E-state index in [9.17, 15) is 9.59 Å². The molecule has 2 rings (SSSR count). The highest BCUT2D eigenvalue weighted by Gasteiger charge is 2.13. The van der Waals surface area contributed by atoms with E-state index in [4.69, 9.17) is 14.6 Å². The number of benzene rings is 1. The van der Waals surface area contributed by atoms with Crippen molar-refractivity contribution in [1.29, 1.82) is 0 Å². The lowest BCUT2D eigenvalue weighted by molar-refractivity contribution is -0.121. The number of carboxylic acids is 1. The van der Waals surface area contributed by atoms with Gasteiger partial charge < -0.3 is 19.9 Å². The molecule has 128 valence electrons. The van der Waals surface area contributed by atoms with E-state index >= 15 is 0 Å². The lowest BCUT2D eigenvalue weighted by Crippen LogP contribution is -2.30. The molecule has 1 amide bonds. The van der Waals surface area contributed by atoms with Gasteiger partial charge in [0.25, 0.3) is 0 Å². The molecule has 1 heterocycles. The number of nitrogens with one attached hydrogen (secondary N) is 1. The van der Waals surface area contributed by atoms with Crippen molar-refractivity contribution in [3.63, 3.8) is 0 Å². The van der Waals surface area contributed by atoms with Crippen LogP contribution in [0.2, 0.25) is 0 Å². The van der Waals surface area contributed by atoms with Gasteiger partial charge in [0.15, 0.2) is 11.5 Å². The zero-order valence-corrected chi connectivity index (χ0v) is 13.5. The topological polar surface area (TPSA) is 103 Å². The number of aromatic nitrogens is 2. The number of carbonyl (C=O) groups excluding carboxylic acids is 1. The fourth-order valence-electron chi connectivity index (χ4n) is 2.21. The average molecular weight is 333 g/mol. The van der Waals surface area contributed by atoms with Crippen LogP contribution < -0.4 is 14.8 Å². The Bertz CT molecular complexity index is 726. The third-order valence-electron chi connectivity index (χ3n) is 3.41. The Hall–Kier alpha value is -3.03. The molecule has 0 atom stereocenters. The van der Waals surface area contributed by atoms with Crippen LogP contribution >= 0.6 is 0 Å². The molecule has 0 radical (unpaired) electrons. The van der Waals surface area contributed by atoms with E-state index in [1.807, 2.05) is 12.1 Å². The smallest absolute Gasteiger partial charge is 0.354 e. The predicted octanol–water partition coefficient (Wildman–Crippen LogP) is 0.957. The summed E-state index contributed by atoms with van der Waals surface area (Å²) in [7, 11) is 3.13. The standard InChI is InChI=1S/C16H19N3O5/c1-23-13-4-3-11(9-14(13)24-2)5-7-17-15(20)10-19-12(16(21)22)6-8-18-19/h3-4,6,8-9H,5,7,10H2,1-2H3,(H,17,20)(H,21,22). The number of methoxy groups -OCH3 is 2. The molecule has 8 heteroatoms. The fraction of sp³-hybridized carbons (Fsp3) is 0.312. The first kappa shape index (κ1) is 17.3. The maximum absolute atomic E-state index is 11.9. The summed E-state index contributed by atoms with van der Waals surface area (Å²) in [5.74, 6) is -0.151. The molecule has 1 aromatic carbocycles. The minimum atomic E-state index is -1.12. The van der Waals surface area contributed by atoms with Gasteiger partial charge in [-0.1, -0.05) is 6.07 Å². The van der Waals surface area contributed by atoms with Crippen LogP contribution in [0.4, 0.5) is 0 Å². The normalized spacial score (nSPS) is 10.2. The molecule has 0 bridgehead atoms. The van der Waals surface area contributed by atoms with Crippen molar-refractivity contribution < 1.29 is 24.2 Å². The molecule has 0 aliphatic heterocycles. The van der Waals surface area contributed by atoms with Crippen molar-refractivity contribution in [1.82, 2.24) is 15.1 Å². The first-order valence-electron chi connectivity index (χ1n) is 7.28. The van der Waals surface area contributed by atoms with Gasteiger partial charge in [0.2, 0.25) is 5.91 Å². The molecule has 0 aliphatic rings. The van der Waals surface area contributed by atoms with E-state index in [2.05, 4.69) is 10.4 Å². The van der Waals surface area contributed by atoms with Crippen molar-refractivity contribution in [3.05, 3.63) is 41.7 Å². The Labute approximate surface area is 139 Å². The van der Waals surface area contributed by atoms with Crippen molar-refractivity contribution in [2.75, 3.05) is 20.8 Å². The minimum Gasteiger partial charge on any atom is -0.493 e. The summed E-state index contributed by atoms with van der Waals surface area (Å²) in [4.78, 5) is 22.9. The molecule has 0 fully saturated rings. The number of nitrogens with zero attached hydrogens (tertiary/aromatic N) is 2. The van der Waals surface area contributed by atoms with Crippen molar-refractivity contribution in [2.24, 2.45) is 0 Å². The predicted molar refractivity (Wildman–Crippen MR) is 85.4 cm³/mol. The summed E-state index contributed by atoms with van der Waals surface area (Å²) in [6, 6.07) is 6.89. The maximum atomic E-state index is 11.9. The molecule has 0 aliphatic carbocycles. The van der Waals surface area contributed by atoms with Crippen molar-refractivity contribution in [3.8, 4) is 11.5 Å². The monoisotopic (exact) mass is 333 g/mol. The Morgan fingerprint density at radius 2 is 1.96 bits per heavy atom. The van der Waals surface area contributed by atoms with Gasteiger partial charge in [-0.15, -0.1) is 0 Å². The highest BCUT2D eigenvalue weighted by Crippen LogP contribution is 2.27. The Balaban J connectivity index is 1.86. The summed E-state index contributed by atoms with van der Waals surface area (Å²) >= 11 is 0. The number of rotatable bonds is 8. The van der Waals surface area contributed by atoms with Gasteiger partial charge in [-0.2, -0.15) is 5.10 Å². The molecule has 24 heavy (non-hydrogen) atoms. The SMILES string of the molecule is COc1ccc(CCNC(=O)Cn2nccc2C(=O)O)cc1OC. The number of amides is 1. The van der Waals surface area contributed by atoms with Crippen LogP contribution in [0.25, 0.3) is 0 Å². The zero-order chi connectivity index (χ0) is 17.5. The van der Waals surface area contributed by atoms with E-state index in [1.54, 1.807) is 20.3 Å². The number of carbonyl (C=O) groups is 2. The summed E-state index contributed by atoms with van der Waals surface area (Å²) in [6.07, 6.45) is 1.96. The van der Waals surface area contributed by atoms with Gasteiger partial charge in [-0.3, -0.25) is 4.79 Å². The van der Waals surface area contributed by atoms with Crippen molar-refractivity contribution in [2.45, 2.75) is 13.0 Å². The van der Waals surface area contributed by atoms with Crippen LogP contribution in [-0.2, 0) is 17.8 Å². The van der Waals surface area contributed by atoms with Crippen LogP contribution in [0.1, 0.15) is 16.1 Å². The second kappa shape index (κ2) is 8.00. The third-order valence-corrected chi connectivity index (χ3v) is 3.41. The van der Waals surface area contributed by atoms with Gasteiger partial charge in [0, 0.05) is 12.7 Å². The molecular formula is C16H19N3O5. The maximum Gasteiger partial charge on any atom is 0.354 e. The molecule has 2 N–H and O–H groups in total. The van der Waals surface area contributed by atoms with E-state index in [-0.39, 0.29) is 18.1 Å². The van der Waals surface area contributed by atoms with Crippen molar-refractivity contribution >= 4 is 11.9 Å². The van der Waals surface area contributed by atoms with Crippen LogP contribution in [0, 0.1) is 0 Å².